The van der Waals surface area contributed by atoms with Crippen LogP contribution in [0.2, 0.25) is 5.02 Å². The van der Waals surface area contributed by atoms with Gasteiger partial charge in [0.25, 0.3) is 0 Å². The molecule has 0 unspecified atom stereocenters. The van der Waals surface area contributed by atoms with E-state index < -0.39 is 0 Å². The van der Waals surface area contributed by atoms with E-state index >= 15 is 0 Å². The van der Waals surface area contributed by atoms with Gasteiger partial charge in [-0.15, -0.1) is 0 Å². The van der Waals surface area contributed by atoms with E-state index in [4.69, 9.17) is 11.6 Å². The molecule has 0 fully saturated rings. The van der Waals surface area contributed by atoms with E-state index in [-0.39, 0.29) is 16.8 Å². The first-order valence-electron chi connectivity index (χ1n) is 4.98. The third kappa shape index (κ3) is 1.72. The maximum absolute atomic E-state index is 13.5. The van der Waals surface area contributed by atoms with Crippen LogP contribution >= 0.6 is 11.6 Å². The maximum atomic E-state index is 13.5. The Balaban J connectivity index is 2.89. The topological polar surface area (TPSA) is 0 Å². The molecule has 0 aliphatic rings. The molecule has 0 aliphatic heterocycles. The lowest BCUT2D eigenvalue weighted by atomic mass is 9.96. The maximum Gasteiger partial charge on any atom is 0.142 e. The Labute approximate surface area is 93.7 Å². The number of fused-ring (bicyclic) bond motifs is 1. The molecule has 0 saturated carbocycles. The highest BCUT2D eigenvalue weighted by molar-refractivity contribution is 6.32. The Kier molecular flexibility index (Phi) is 2.66. The molecule has 0 saturated heterocycles. The van der Waals surface area contributed by atoms with Crippen molar-refractivity contribution in [1.82, 2.24) is 0 Å². The van der Waals surface area contributed by atoms with Crippen molar-refractivity contribution >= 4 is 22.4 Å². The second-order valence-corrected chi connectivity index (χ2v) is 4.34. The summed E-state index contributed by atoms with van der Waals surface area (Å²) < 4.78 is 13.5. The SMILES string of the molecule is CC(C)c1c(Cl)c(F)cc2ccccc12. The minimum absolute atomic E-state index is 0.220. The van der Waals surface area contributed by atoms with Crippen molar-refractivity contribution < 1.29 is 4.39 Å². The standard InChI is InChI=1S/C13H12ClF/c1-8(2)12-10-6-4-3-5-9(10)7-11(15)13(12)14/h3-8H,1-2H3. The van der Waals surface area contributed by atoms with E-state index in [1.165, 1.54) is 6.07 Å². The molecule has 2 heteroatoms. The molecule has 2 aromatic carbocycles. The molecule has 78 valence electrons. The summed E-state index contributed by atoms with van der Waals surface area (Å²) in [4.78, 5) is 0. The van der Waals surface area contributed by atoms with Gasteiger partial charge in [0.05, 0.1) is 5.02 Å². The average Bonchev–Trinajstić information content (AvgIpc) is 2.19. The minimum Gasteiger partial charge on any atom is -0.205 e. The molecule has 0 amide bonds. The van der Waals surface area contributed by atoms with Crippen molar-refractivity contribution in [2.75, 3.05) is 0 Å². The highest BCUT2D eigenvalue weighted by Gasteiger charge is 2.13. The summed E-state index contributed by atoms with van der Waals surface area (Å²) in [5.74, 6) is -0.114. The zero-order chi connectivity index (χ0) is 11.0. The van der Waals surface area contributed by atoms with Crippen molar-refractivity contribution in [2.45, 2.75) is 19.8 Å². The predicted molar refractivity (Wildman–Crippen MR) is 63.0 cm³/mol. The van der Waals surface area contributed by atoms with Crippen LogP contribution < -0.4 is 0 Å². The molecule has 0 atom stereocenters. The van der Waals surface area contributed by atoms with E-state index in [1.807, 2.05) is 38.1 Å². The number of hydrogen-bond acceptors (Lipinski definition) is 0. The van der Waals surface area contributed by atoms with Gasteiger partial charge in [0, 0.05) is 0 Å². The van der Waals surface area contributed by atoms with Gasteiger partial charge in [-0.1, -0.05) is 49.7 Å². The fourth-order valence-electron chi connectivity index (χ4n) is 1.88. The lowest BCUT2D eigenvalue weighted by Gasteiger charge is -2.12. The lowest BCUT2D eigenvalue weighted by Crippen LogP contribution is -1.94. The van der Waals surface area contributed by atoms with Crippen LogP contribution in [0.25, 0.3) is 10.8 Å². The van der Waals surface area contributed by atoms with Gasteiger partial charge in [0.15, 0.2) is 0 Å². The van der Waals surface area contributed by atoms with Crippen molar-refractivity contribution in [3.63, 3.8) is 0 Å². The lowest BCUT2D eigenvalue weighted by molar-refractivity contribution is 0.626. The zero-order valence-corrected chi connectivity index (χ0v) is 9.48. The van der Waals surface area contributed by atoms with Crippen LogP contribution in [0.15, 0.2) is 30.3 Å². The largest absolute Gasteiger partial charge is 0.205 e. The molecular weight excluding hydrogens is 211 g/mol. The van der Waals surface area contributed by atoms with Gasteiger partial charge in [-0.05, 0) is 28.3 Å². The van der Waals surface area contributed by atoms with Crippen LogP contribution in [0.5, 0.6) is 0 Å². The quantitative estimate of drug-likeness (QED) is 0.653. The molecule has 0 spiro atoms. The molecule has 0 N–H and O–H groups in total. The second-order valence-electron chi connectivity index (χ2n) is 3.96. The highest BCUT2D eigenvalue weighted by Crippen LogP contribution is 2.34. The summed E-state index contributed by atoms with van der Waals surface area (Å²) in [7, 11) is 0. The normalized spacial score (nSPS) is 11.3. The van der Waals surface area contributed by atoms with Crippen molar-refractivity contribution in [3.05, 3.63) is 46.7 Å². The second kappa shape index (κ2) is 3.82. The van der Waals surface area contributed by atoms with Gasteiger partial charge < -0.3 is 0 Å². The molecule has 0 bridgehead atoms. The summed E-state index contributed by atoms with van der Waals surface area (Å²) >= 11 is 5.99. The van der Waals surface area contributed by atoms with Crippen molar-refractivity contribution in [1.29, 1.82) is 0 Å². The van der Waals surface area contributed by atoms with Crippen LogP contribution in [-0.2, 0) is 0 Å². The minimum atomic E-state index is -0.334. The van der Waals surface area contributed by atoms with E-state index in [1.54, 1.807) is 0 Å². The third-order valence-corrected chi connectivity index (χ3v) is 2.94. The number of benzene rings is 2. The van der Waals surface area contributed by atoms with Crippen LogP contribution in [-0.4, -0.2) is 0 Å². The molecule has 2 rings (SSSR count). The van der Waals surface area contributed by atoms with Gasteiger partial charge >= 0.3 is 0 Å². The first-order chi connectivity index (χ1) is 7.11. The molecular formula is C13H12ClF. The van der Waals surface area contributed by atoms with Gasteiger partial charge in [-0.3, -0.25) is 0 Å². The predicted octanol–water partition coefficient (Wildman–Crippen LogP) is 4.76. The fraction of sp³-hybridized carbons (Fsp3) is 0.231. The van der Waals surface area contributed by atoms with Crippen LogP contribution in [0, 0.1) is 5.82 Å². The smallest absolute Gasteiger partial charge is 0.142 e. The third-order valence-electron chi connectivity index (χ3n) is 2.56. The number of halogens is 2. The highest BCUT2D eigenvalue weighted by atomic mass is 35.5. The monoisotopic (exact) mass is 222 g/mol. The Morgan fingerprint density at radius 3 is 2.53 bits per heavy atom. The fourth-order valence-corrected chi connectivity index (χ4v) is 2.25. The van der Waals surface area contributed by atoms with E-state index in [0.29, 0.717) is 0 Å². The average molecular weight is 223 g/mol. The summed E-state index contributed by atoms with van der Waals surface area (Å²) in [5, 5.41) is 2.20. The van der Waals surface area contributed by atoms with E-state index in [2.05, 4.69) is 0 Å². The Morgan fingerprint density at radius 1 is 1.20 bits per heavy atom. The van der Waals surface area contributed by atoms with Crippen molar-refractivity contribution in [2.24, 2.45) is 0 Å². The summed E-state index contributed by atoms with van der Waals surface area (Å²) in [6.07, 6.45) is 0. The molecule has 0 nitrogen and oxygen atoms in total. The molecule has 0 aromatic heterocycles. The first kappa shape index (κ1) is 10.4. The zero-order valence-electron chi connectivity index (χ0n) is 8.72. The molecule has 2 aromatic rings. The van der Waals surface area contributed by atoms with Crippen LogP contribution in [0.3, 0.4) is 0 Å². The summed E-state index contributed by atoms with van der Waals surface area (Å²) in [6, 6.07) is 9.22. The summed E-state index contributed by atoms with van der Waals surface area (Å²) in [6.45, 7) is 4.04. The van der Waals surface area contributed by atoms with Gasteiger partial charge in [-0.2, -0.15) is 0 Å². The molecule has 0 radical (unpaired) electrons. The Bertz CT molecular complexity index is 503. The number of hydrogen-bond donors (Lipinski definition) is 0. The van der Waals surface area contributed by atoms with Gasteiger partial charge in [0.2, 0.25) is 0 Å². The van der Waals surface area contributed by atoms with Gasteiger partial charge in [-0.25, -0.2) is 4.39 Å². The molecule has 0 aliphatic carbocycles. The van der Waals surface area contributed by atoms with E-state index in [0.717, 1.165) is 16.3 Å². The van der Waals surface area contributed by atoms with Gasteiger partial charge in [0.1, 0.15) is 5.82 Å². The first-order valence-corrected chi connectivity index (χ1v) is 5.35. The van der Waals surface area contributed by atoms with Crippen LogP contribution in [0.4, 0.5) is 4.39 Å². The molecule has 15 heavy (non-hydrogen) atoms. The number of rotatable bonds is 1. The molecule has 0 heterocycles. The van der Waals surface area contributed by atoms with Crippen molar-refractivity contribution in [3.8, 4) is 0 Å². The van der Waals surface area contributed by atoms with E-state index in [9.17, 15) is 4.39 Å². The van der Waals surface area contributed by atoms with Crippen LogP contribution in [0.1, 0.15) is 25.3 Å². The summed E-state index contributed by atoms with van der Waals surface area (Å²) in [5.41, 5.74) is 0.896. The Morgan fingerprint density at radius 2 is 1.87 bits per heavy atom. The Hall–Kier alpha value is -1.08.